The van der Waals surface area contributed by atoms with E-state index in [9.17, 15) is 4.79 Å². The minimum absolute atomic E-state index is 0.166. The van der Waals surface area contributed by atoms with Gasteiger partial charge >= 0.3 is 0 Å². The largest absolute Gasteiger partial charge is 0.370 e. The van der Waals surface area contributed by atoms with Crippen LogP contribution in [-0.2, 0) is 4.79 Å². The van der Waals surface area contributed by atoms with Crippen LogP contribution in [0.1, 0.15) is 64.7 Å². The summed E-state index contributed by atoms with van der Waals surface area (Å²) in [6.45, 7) is 4.23. The molecule has 0 aromatic heterocycles. The fraction of sp³-hybridized carbons (Fsp3) is 0.875. The van der Waals surface area contributed by atoms with Gasteiger partial charge in [-0.25, -0.2) is 0 Å². The monoisotopic (exact) mass is 296 g/mol. The Labute approximate surface area is 129 Å². The van der Waals surface area contributed by atoms with Gasteiger partial charge in [0.05, 0.1) is 0 Å². The van der Waals surface area contributed by atoms with Crippen LogP contribution in [0.15, 0.2) is 4.99 Å². The third-order valence-electron chi connectivity index (χ3n) is 4.00. The van der Waals surface area contributed by atoms with Crippen molar-refractivity contribution in [1.82, 2.24) is 10.6 Å². The fourth-order valence-corrected chi connectivity index (χ4v) is 2.74. The van der Waals surface area contributed by atoms with Gasteiger partial charge in [-0.2, -0.15) is 0 Å². The number of hydrogen-bond donors (Lipinski definition) is 3. The molecule has 0 saturated heterocycles. The number of carbonyl (C=O) groups is 1. The van der Waals surface area contributed by atoms with Crippen LogP contribution in [0.25, 0.3) is 0 Å². The van der Waals surface area contributed by atoms with Gasteiger partial charge in [-0.1, -0.05) is 39.0 Å². The number of aliphatic imine (C=N–C) groups is 1. The number of unbranched alkanes of at least 4 members (excludes halogenated alkanes) is 3. The van der Waals surface area contributed by atoms with E-state index in [2.05, 4.69) is 22.5 Å². The molecule has 1 saturated carbocycles. The summed E-state index contributed by atoms with van der Waals surface area (Å²) >= 11 is 0. The van der Waals surface area contributed by atoms with Crippen LogP contribution in [0.2, 0.25) is 0 Å². The zero-order valence-electron chi connectivity index (χ0n) is 13.5. The van der Waals surface area contributed by atoms with E-state index in [1.165, 1.54) is 44.9 Å². The Balaban J connectivity index is 1.96. The molecule has 1 fully saturated rings. The van der Waals surface area contributed by atoms with E-state index in [0.717, 1.165) is 13.0 Å². The number of nitrogens with two attached hydrogens (primary N) is 1. The second kappa shape index (κ2) is 11.4. The van der Waals surface area contributed by atoms with E-state index < -0.39 is 0 Å². The highest BCUT2D eigenvalue weighted by Gasteiger charge is 2.17. The summed E-state index contributed by atoms with van der Waals surface area (Å²) < 4.78 is 0. The van der Waals surface area contributed by atoms with Crippen LogP contribution in [0.3, 0.4) is 0 Å². The number of amides is 1. The van der Waals surface area contributed by atoms with Crippen molar-refractivity contribution in [2.45, 2.75) is 64.7 Å². The smallest absolute Gasteiger partial charge is 0.220 e. The maximum Gasteiger partial charge on any atom is 0.220 e. The molecule has 1 aliphatic carbocycles. The molecule has 0 unspecified atom stereocenters. The van der Waals surface area contributed by atoms with Crippen molar-refractivity contribution in [2.24, 2.45) is 16.6 Å². The van der Waals surface area contributed by atoms with Gasteiger partial charge in [0.15, 0.2) is 5.96 Å². The Kier molecular flexibility index (Phi) is 9.66. The molecule has 0 spiro atoms. The van der Waals surface area contributed by atoms with E-state index in [4.69, 9.17) is 5.73 Å². The third-order valence-corrected chi connectivity index (χ3v) is 4.00. The lowest BCUT2D eigenvalue weighted by molar-refractivity contribution is -0.121. The fourth-order valence-electron chi connectivity index (χ4n) is 2.74. The van der Waals surface area contributed by atoms with Crippen LogP contribution in [0.5, 0.6) is 0 Å². The Morgan fingerprint density at radius 1 is 1.14 bits per heavy atom. The van der Waals surface area contributed by atoms with Crippen molar-refractivity contribution in [3.8, 4) is 0 Å². The van der Waals surface area contributed by atoms with Crippen molar-refractivity contribution in [3.63, 3.8) is 0 Å². The van der Waals surface area contributed by atoms with Gasteiger partial charge in [-0.05, 0) is 25.2 Å². The minimum Gasteiger partial charge on any atom is -0.370 e. The number of hydrogen-bond acceptors (Lipinski definition) is 2. The van der Waals surface area contributed by atoms with Crippen molar-refractivity contribution in [1.29, 1.82) is 0 Å². The Morgan fingerprint density at radius 2 is 1.86 bits per heavy atom. The molecule has 1 rings (SSSR count). The van der Waals surface area contributed by atoms with Crippen LogP contribution >= 0.6 is 0 Å². The summed E-state index contributed by atoms with van der Waals surface area (Å²) in [6.07, 6.45) is 10.5. The van der Waals surface area contributed by atoms with Crippen molar-refractivity contribution >= 4 is 11.9 Å². The molecule has 5 nitrogen and oxygen atoms in total. The predicted octanol–water partition coefficient (Wildman–Crippen LogP) is 2.17. The van der Waals surface area contributed by atoms with Crippen LogP contribution in [0, 0.1) is 5.92 Å². The molecule has 0 radical (unpaired) electrons. The molecule has 1 amide bonds. The third kappa shape index (κ3) is 9.32. The molecule has 0 bridgehead atoms. The number of nitrogens with one attached hydrogen (secondary N) is 2. The van der Waals surface area contributed by atoms with Gasteiger partial charge < -0.3 is 16.4 Å². The first-order valence-electron chi connectivity index (χ1n) is 8.53. The Morgan fingerprint density at radius 3 is 2.57 bits per heavy atom. The summed E-state index contributed by atoms with van der Waals surface area (Å²) in [5, 5.41) is 5.97. The second-order valence-corrected chi connectivity index (χ2v) is 5.96. The highest BCUT2D eigenvalue weighted by atomic mass is 16.1. The predicted molar refractivity (Wildman–Crippen MR) is 88.2 cm³/mol. The Hall–Kier alpha value is -1.26. The molecule has 1 aliphatic rings. The number of rotatable bonds is 10. The maximum absolute atomic E-state index is 11.7. The van der Waals surface area contributed by atoms with Gasteiger partial charge in [0.1, 0.15) is 0 Å². The van der Waals surface area contributed by atoms with Gasteiger partial charge in [0.25, 0.3) is 0 Å². The molecular formula is C16H32N4O. The summed E-state index contributed by atoms with van der Waals surface area (Å²) in [6, 6.07) is 0. The molecule has 0 aromatic carbocycles. The lowest BCUT2D eigenvalue weighted by Crippen LogP contribution is -2.38. The highest BCUT2D eigenvalue weighted by Crippen LogP contribution is 2.27. The molecule has 0 atom stereocenters. The SMILES string of the molecule is CCCCCCN=C(N)NCCNC(=O)CC1CCCC1. The van der Waals surface area contributed by atoms with Crippen LogP contribution in [-0.4, -0.2) is 31.5 Å². The average molecular weight is 296 g/mol. The second-order valence-electron chi connectivity index (χ2n) is 5.96. The first-order valence-corrected chi connectivity index (χ1v) is 8.53. The number of guanidine groups is 1. The highest BCUT2D eigenvalue weighted by molar-refractivity contribution is 5.78. The van der Waals surface area contributed by atoms with Gasteiger partial charge in [0.2, 0.25) is 5.91 Å². The first kappa shape index (κ1) is 17.8. The lowest BCUT2D eigenvalue weighted by atomic mass is 10.0. The van der Waals surface area contributed by atoms with Gasteiger partial charge in [-0.3, -0.25) is 9.79 Å². The van der Waals surface area contributed by atoms with E-state index in [1.807, 2.05) is 0 Å². The minimum atomic E-state index is 0.166. The lowest BCUT2D eigenvalue weighted by Gasteiger charge is -2.10. The topological polar surface area (TPSA) is 79.5 Å². The summed E-state index contributed by atoms with van der Waals surface area (Å²) in [5.41, 5.74) is 5.76. The summed E-state index contributed by atoms with van der Waals surface area (Å²) in [7, 11) is 0. The Bertz CT molecular complexity index is 311. The van der Waals surface area contributed by atoms with E-state index in [0.29, 0.717) is 31.4 Å². The molecule has 4 N–H and O–H groups in total. The zero-order valence-corrected chi connectivity index (χ0v) is 13.5. The van der Waals surface area contributed by atoms with Crippen molar-refractivity contribution < 1.29 is 4.79 Å². The number of nitrogens with zero attached hydrogens (tertiary/aromatic N) is 1. The van der Waals surface area contributed by atoms with E-state index in [-0.39, 0.29) is 5.91 Å². The zero-order chi connectivity index (χ0) is 15.3. The van der Waals surface area contributed by atoms with E-state index >= 15 is 0 Å². The molecular weight excluding hydrogens is 264 g/mol. The molecule has 0 aliphatic heterocycles. The van der Waals surface area contributed by atoms with Crippen LogP contribution in [0.4, 0.5) is 0 Å². The maximum atomic E-state index is 11.7. The summed E-state index contributed by atoms with van der Waals surface area (Å²) in [5.74, 6) is 1.25. The number of carbonyl (C=O) groups excluding carboxylic acids is 1. The quantitative estimate of drug-likeness (QED) is 0.328. The molecule has 0 aromatic rings. The molecule has 122 valence electrons. The van der Waals surface area contributed by atoms with Crippen molar-refractivity contribution in [2.75, 3.05) is 19.6 Å². The van der Waals surface area contributed by atoms with Gasteiger partial charge in [0, 0.05) is 26.1 Å². The average Bonchev–Trinajstić information content (AvgIpc) is 2.96. The normalized spacial score (nSPS) is 16.1. The standard InChI is InChI=1S/C16H32N4O/c1-2-3-4-7-10-19-16(17)20-12-11-18-15(21)13-14-8-5-6-9-14/h14H,2-13H2,1H3,(H,18,21)(H3,17,19,20). The van der Waals surface area contributed by atoms with Crippen LogP contribution < -0.4 is 16.4 Å². The molecule has 5 heteroatoms. The first-order chi connectivity index (χ1) is 10.2. The van der Waals surface area contributed by atoms with E-state index in [1.54, 1.807) is 0 Å². The molecule has 21 heavy (non-hydrogen) atoms. The van der Waals surface area contributed by atoms with Gasteiger partial charge in [-0.15, -0.1) is 0 Å². The van der Waals surface area contributed by atoms with Crippen molar-refractivity contribution in [3.05, 3.63) is 0 Å². The molecule has 0 heterocycles. The summed E-state index contributed by atoms with van der Waals surface area (Å²) in [4.78, 5) is 16.0.